The summed E-state index contributed by atoms with van der Waals surface area (Å²) in [7, 11) is 0. The van der Waals surface area contributed by atoms with E-state index in [1.165, 1.54) is 19.3 Å². The Morgan fingerprint density at radius 3 is 2.53 bits per heavy atom. The molecule has 0 spiro atoms. The molecule has 0 aromatic carbocycles. The van der Waals surface area contributed by atoms with Gasteiger partial charge in [-0.3, -0.25) is 9.69 Å². The Hall–Kier alpha value is -0.370. The highest BCUT2D eigenvalue weighted by molar-refractivity contribution is 5.85. The highest BCUT2D eigenvalue weighted by atomic mass is 16.1. The van der Waals surface area contributed by atoms with Crippen molar-refractivity contribution in [3.05, 3.63) is 0 Å². The number of likely N-dealkylation sites (tertiary alicyclic amines) is 1. The molecule has 0 N–H and O–H groups in total. The van der Waals surface area contributed by atoms with E-state index in [1.54, 1.807) is 0 Å². The van der Waals surface area contributed by atoms with Crippen LogP contribution in [0.1, 0.15) is 47.0 Å². The van der Waals surface area contributed by atoms with Crippen LogP contribution < -0.4 is 0 Å². The first-order valence-corrected chi connectivity index (χ1v) is 6.15. The second-order valence-electron chi connectivity index (χ2n) is 5.99. The second kappa shape index (κ2) is 5.11. The number of ketones is 1. The van der Waals surface area contributed by atoms with Crippen molar-refractivity contribution >= 4 is 5.78 Å². The van der Waals surface area contributed by atoms with E-state index in [4.69, 9.17) is 0 Å². The average Bonchev–Trinajstić information content (AvgIpc) is 2.29. The third-order valence-corrected chi connectivity index (χ3v) is 3.31. The maximum absolute atomic E-state index is 11.9. The van der Waals surface area contributed by atoms with Gasteiger partial charge in [0.1, 0.15) is 0 Å². The summed E-state index contributed by atoms with van der Waals surface area (Å²) in [5.41, 5.74) is -0.183. The Morgan fingerprint density at radius 2 is 1.93 bits per heavy atom. The largest absolute Gasteiger partial charge is 0.298 e. The summed E-state index contributed by atoms with van der Waals surface area (Å²) in [6.45, 7) is 11.2. The average molecular weight is 211 g/mol. The van der Waals surface area contributed by atoms with Crippen molar-refractivity contribution in [3.8, 4) is 0 Å². The van der Waals surface area contributed by atoms with Crippen molar-refractivity contribution in [2.24, 2.45) is 11.3 Å². The first-order chi connectivity index (χ1) is 6.89. The molecule has 1 atom stereocenters. The molecule has 1 unspecified atom stereocenters. The van der Waals surface area contributed by atoms with Gasteiger partial charge in [-0.05, 0) is 38.3 Å². The van der Waals surface area contributed by atoms with Crippen LogP contribution in [0, 0.1) is 11.3 Å². The lowest BCUT2D eigenvalue weighted by Crippen LogP contribution is -2.36. The molecular formula is C13H25NO. The Kier molecular flexibility index (Phi) is 4.32. The van der Waals surface area contributed by atoms with Crippen LogP contribution in [-0.4, -0.2) is 30.3 Å². The molecule has 1 fully saturated rings. The van der Waals surface area contributed by atoms with Gasteiger partial charge in [0.05, 0.1) is 6.54 Å². The Morgan fingerprint density at radius 1 is 1.27 bits per heavy atom. The van der Waals surface area contributed by atoms with E-state index in [0.29, 0.717) is 12.3 Å². The molecule has 2 nitrogen and oxygen atoms in total. The van der Waals surface area contributed by atoms with Crippen LogP contribution in [0.4, 0.5) is 0 Å². The van der Waals surface area contributed by atoms with Gasteiger partial charge < -0.3 is 0 Å². The fraction of sp³-hybridized carbons (Fsp3) is 0.923. The quantitative estimate of drug-likeness (QED) is 0.700. The summed E-state index contributed by atoms with van der Waals surface area (Å²) in [6, 6.07) is 0. The topological polar surface area (TPSA) is 20.3 Å². The minimum Gasteiger partial charge on any atom is -0.298 e. The molecule has 88 valence electrons. The monoisotopic (exact) mass is 211 g/mol. The molecule has 0 amide bonds. The zero-order chi connectivity index (χ0) is 11.5. The van der Waals surface area contributed by atoms with Crippen molar-refractivity contribution in [2.45, 2.75) is 47.0 Å². The summed E-state index contributed by atoms with van der Waals surface area (Å²) in [5, 5.41) is 0. The van der Waals surface area contributed by atoms with Crippen LogP contribution in [0.3, 0.4) is 0 Å². The van der Waals surface area contributed by atoms with E-state index < -0.39 is 0 Å². The molecule has 2 heteroatoms. The number of hydrogen-bond donors (Lipinski definition) is 0. The van der Waals surface area contributed by atoms with Crippen molar-refractivity contribution in [1.29, 1.82) is 0 Å². The number of carbonyl (C=O) groups excluding carboxylic acids is 1. The molecular weight excluding hydrogens is 186 g/mol. The van der Waals surface area contributed by atoms with E-state index in [-0.39, 0.29) is 5.41 Å². The highest BCUT2D eigenvalue weighted by Gasteiger charge is 2.24. The van der Waals surface area contributed by atoms with Gasteiger partial charge in [0.2, 0.25) is 0 Å². The lowest BCUT2D eigenvalue weighted by molar-refractivity contribution is -0.127. The number of nitrogens with zero attached hydrogens (tertiary/aromatic N) is 1. The zero-order valence-electron chi connectivity index (χ0n) is 10.7. The van der Waals surface area contributed by atoms with E-state index in [2.05, 4.69) is 11.8 Å². The zero-order valence-corrected chi connectivity index (χ0v) is 10.7. The maximum Gasteiger partial charge on any atom is 0.152 e. The number of rotatable bonds is 2. The van der Waals surface area contributed by atoms with Crippen molar-refractivity contribution in [3.63, 3.8) is 0 Å². The molecule has 1 aliphatic heterocycles. The van der Waals surface area contributed by atoms with Crippen molar-refractivity contribution < 1.29 is 4.79 Å². The maximum atomic E-state index is 11.9. The van der Waals surface area contributed by atoms with Gasteiger partial charge >= 0.3 is 0 Å². The third-order valence-electron chi connectivity index (χ3n) is 3.31. The highest BCUT2D eigenvalue weighted by Crippen LogP contribution is 2.19. The summed E-state index contributed by atoms with van der Waals surface area (Å²) >= 11 is 0. The van der Waals surface area contributed by atoms with Gasteiger partial charge in [-0.25, -0.2) is 0 Å². The molecule has 15 heavy (non-hydrogen) atoms. The molecule has 0 saturated carbocycles. The van der Waals surface area contributed by atoms with E-state index >= 15 is 0 Å². The molecule has 0 aromatic rings. The molecule has 1 aliphatic rings. The Balaban J connectivity index is 2.41. The van der Waals surface area contributed by atoms with E-state index in [0.717, 1.165) is 19.0 Å². The summed E-state index contributed by atoms with van der Waals surface area (Å²) in [4.78, 5) is 14.2. The number of carbonyl (C=O) groups is 1. The van der Waals surface area contributed by atoms with Crippen LogP contribution >= 0.6 is 0 Å². The van der Waals surface area contributed by atoms with Gasteiger partial charge in [-0.1, -0.05) is 27.7 Å². The lowest BCUT2D eigenvalue weighted by Gasteiger charge is -2.24. The minimum absolute atomic E-state index is 0.183. The van der Waals surface area contributed by atoms with E-state index in [1.807, 2.05) is 20.8 Å². The molecule has 0 aliphatic carbocycles. The van der Waals surface area contributed by atoms with Crippen LogP contribution in [-0.2, 0) is 4.79 Å². The molecule has 1 saturated heterocycles. The van der Waals surface area contributed by atoms with Crippen molar-refractivity contribution in [2.75, 3.05) is 19.6 Å². The molecule has 1 heterocycles. The fourth-order valence-corrected chi connectivity index (χ4v) is 1.92. The predicted molar refractivity (Wildman–Crippen MR) is 63.9 cm³/mol. The van der Waals surface area contributed by atoms with Crippen LogP contribution in [0.5, 0.6) is 0 Å². The second-order valence-corrected chi connectivity index (χ2v) is 5.99. The van der Waals surface area contributed by atoms with Gasteiger partial charge in [0.25, 0.3) is 0 Å². The first kappa shape index (κ1) is 12.7. The first-order valence-electron chi connectivity index (χ1n) is 6.15. The molecule has 0 bridgehead atoms. The van der Waals surface area contributed by atoms with Gasteiger partial charge in [-0.2, -0.15) is 0 Å². The van der Waals surface area contributed by atoms with Gasteiger partial charge in [0, 0.05) is 5.41 Å². The predicted octanol–water partition coefficient (Wildman–Crippen LogP) is 2.72. The number of Topliss-reactive ketones (excluding diaryl/α,β-unsaturated/α-hetero) is 1. The van der Waals surface area contributed by atoms with Gasteiger partial charge in [-0.15, -0.1) is 0 Å². The third kappa shape index (κ3) is 4.33. The molecule has 1 rings (SSSR count). The molecule has 0 radical (unpaired) electrons. The minimum atomic E-state index is -0.183. The number of hydrogen-bond acceptors (Lipinski definition) is 2. The molecule has 0 aromatic heterocycles. The lowest BCUT2D eigenvalue weighted by atomic mass is 9.90. The van der Waals surface area contributed by atoms with Crippen molar-refractivity contribution in [1.82, 2.24) is 4.90 Å². The van der Waals surface area contributed by atoms with E-state index in [9.17, 15) is 4.79 Å². The SMILES string of the molecule is CC1CCCN(CC(=O)C(C)(C)C)CC1. The Labute approximate surface area is 94.0 Å². The summed E-state index contributed by atoms with van der Waals surface area (Å²) < 4.78 is 0. The van der Waals surface area contributed by atoms with Gasteiger partial charge in [0.15, 0.2) is 5.78 Å². The smallest absolute Gasteiger partial charge is 0.152 e. The standard InChI is InChI=1S/C13H25NO/c1-11-6-5-8-14(9-7-11)10-12(15)13(2,3)4/h11H,5-10H2,1-4H3. The van der Waals surface area contributed by atoms with Crippen LogP contribution in [0.15, 0.2) is 0 Å². The normalized spacial score (nSPS) is 24.9. The van der Waals surface area contributed by atoms with Crippen LogP contribution in [0.25, 0.3) is 0 Å². The fourth-order valence-electron chi connectivity index (χ4n) is 1.92. The Bertz CT molecular complexity index is 217. The summed E-state index contributed by atoms with van der Waals surface area (Å²) in [6.07, 6.45) is 3.82. The van der Waals surface area contributed by atoms with Crippen LogP contribution in [0.2, 0.25) is 0 Å². The summed E-state index contributed by atoms with van der Waals surface area (Å²) in [5.74, 6) is 1.21.